The van der Waals surface area contributed by atoms with E-state index in [2.05, 4.69) is 15.5 Å². The lowest BCUT2D eigenvalue weighted by Gasteiger charge is -2.23. The largest absolute Gasteiger partial charge is 0.507 e. The molecule has 5 rings (SSSR count). The number of nitrogens with zero attached hydrogens (tertiary/aromatic N) is 3. The van der Waals surface area contributed by atoms with Gasteiger partial charge in [-0.05, 0) is 78.5 Å². The van der Waals surface area contributed by atoms with Crippen molar-refractivity contribution in [1.29, 1.82) is 0 Å². The summed E-state index contributed by atoms with van der Waals surface area (Å²) in [6.07, 6.45) is 0.134. The number of hydrogen-bond acceptors (Lipinski definition) is 9. The average Bonchev–Trinajstić information content (AvgIpc) is 3.02. The lowest BCUT2D eigenvalue weighted by Crippen LogP contribution is -2.30. The lowest BCUT2D eigenvalue weighted by molar-refractivity contribution is -0.115. The molecule has 0 aliphatic rings. The van der Waals surface area contributed by atoms with Gasteiger partial charge in [-0.2, -0.15) is 8.42 Å². The van der Waals surface area contributed by atoms with Crippen molar-refractivity contribution in [2.45, 2.75) is 23.1 Å². The number of benzene rings is 5. The summed E-state index contributed by atoms with van der Waals surface area (Å²) in [5.41, 5.74) is 7.74. The van der Waals surface area contributed by atoms with Crippen molar-refractivity contribution < 1.29 is 31.3 Å². The Morgan fingerprint density at radius 2 is 1.60 bits per heavy atom. The number of aromatic hydroxyl groups is 1. The third-order valence-electron chi connectivity index (χ3n) is 7.07. The Labute approximate surface area is 275 Å². The van der Waals surface area contributed by atoms with E-state index in [-0.39, 0.29) is 51.6 Å². The Bertz CT molecular complexity index is 2230. The van der Waals surface area contributed by atoms with Crippen LogP contribution in [0, 0.1) is 0 Å². The third-order valence-corrected chi connectivity index (χ3v) is 10.1. The fourth-order valence-corrected chi connectivity index (χ4v) is 7.11. The molecule has 0 aliphatic heterocycles. The van der Waals surface area contributed by atoms with Gasteiger partial charge >= 0.3 is 0 Å². The van der Waals surface area contributed by atoms with Crippen LogP contribution in [0.3, 0.4) is 0 Å². The summed E-state index contributed by atoms with van der Waals surface area (Å²) in [7, 11) is -8.81. The minimum atomic E-state index is -4.61. The van der Waals surface area contributed by atoms with E-state index in [0.717, 1.165) is 17.7 Å². The Kier molecular flexibility index (Phi) is 9.49. The number of carbonyl (C=O) groups is 1. The van der Waals surface area contributed by atoms with E-state index < -0.39 is 30.8 Å². The van der Waals surface area contributed by atoms with Gasteiger partial charge in [0.25, 0.3) is 20.1 Å². The smallest absolute Gasteiger partial charge is 0.294 e. The molecule has 242 valence electrons. The van der Waals surface area contributed by atoms with E-state index in [1.165, 1.54) is 34.6 Å². The number of phenolic OH excluding ortho intramolecular Hbond substituents is 1. The van der Waals surface area contributed by atoms with Crippen LogP contribution in [0.2, 0.25) is 5.02 Å². The molecule has 0 atom stereocenters. The molecule has 1 amide bonds. The number of azo groups is 1. The Hall–Kier alpha value is -5.02. The lowest BCUT2D eigenvalue weighted by atomic mass is 10.1. The number of nitrogens with two attached hydrogens (primary N) is 1. The van der Waals surface area contributed by atoms with E-state index in [9.17, 15) is 31.3 Å². The molecule has 5 aromatic carbocycles. The summed E-state index contributed by atoms with van der Waals surface area (Å²) < 4.78 is 61.8. The first-order valence-corrected chi connectivity index (χ1v) is 17.2. The van der Waals surface area contributed by atoms with Crippen LogP contribution in [0.5, 0.6) is 5.75 Å². The number of rotatable bonds is 10. The minimum Gasteiger partial charge on any atom is -0.507 e. The van der Waals surface area contributed by atoms with Gasteiger partial charge in [0.05, 0.1) is 28.1 Å². The van der Waals surface area contributed by atoms with E-state index >= 15 is 0 Å². The molecule has 0 radical (unpaired) electrons. The Morgan fingerprint density at radius 1 is 0.915 bits per heavy atom. The van der Waals surface area contributed by atoms with Crippen molar-refractivity contribution in [3.05, 3.63) is 108 Å². The molecule has 0 aromatic heterocycles. The van der Waals surface area contributed by atoms with Gasteiger partial charge in [0.15, 0.2) is 0 Å². The molecule has 15 heteroatoms. The molecule has 5 N–H and O–H groups in total. The number of halogens is 1. The van der Waals surface area contributed by atoms with Crippen molar-refractivity contribution >= 4 is 76.9 Å². The van der Waals surface area contributed by atoms with Gasteiger partial charge in [0.1, 0.15) is 22.0 Å². The summed E-state index contributed by atoms with van der Waals surface area (Å²) >= 11 is 5.90. The fourth-order valence-electron chi connectivity index (χ4n) is 4.85. The van der Waals surface area contributed by atoms with Crippen LogP contribution in [0.25, 0.3) is 10.8 Å². The van der Waals surface area contributed by atoms with Gasteiger partial charge in [-0.15, -0.1) is 10.2 Å². The number of carbonyl (C=O) groups excluding carboxylic acids is 1. The molecule has 0 fully saturated rings. The monoisotopic (exact) mass is 693 g/mol. The van der Waals surface area contributed by atoms with Crippen LogP contribution in [0.1, 0.15) is 12.5 Å². The van der Waals surface area contributed by atoms with E-state index in [4.69, 9.17) is 17.3 Å². The first-order chi connectivity index (χ1) is 22.3. The number of nitrogens with one attached hydrogen (secondary N) is 1. The van der Waals surface area contributed by atoms with Crippen molar-refractivity contribution in [2.24, 2.45) is 10.2 Å². The second kappa shape index (κ2) is 13.4. The molecule has 12 nitrogen and oxygen atoms in total. The molecule has 0 bridgehead atoms. The quantitative estimate of drug-likeness (QED) is 0.0694. The van der Waals surface area contributed by atoms with E-state index in [1.807, 2.05) is 0 Å². The van der Waals surface area contributed by atoms with Gasteiger partial charge in [0.2, 0.25) is 5.91 Å². The number of nitrogen functional groups attached to an aromatic ring is 1. The number of phenols is 1. The summed E-state index contributed by atoms with van der Waals surface area (Å²) in [6.45, 7) is 1.74. The van der Waals surface area contributed by atoms with E-state index in [0.29, 0.717) is 16.4 Å². The first-order valence-electron chi connectivity index (χ1n) is 14.0. The van der Waals surface area contributed by atoms with Crippen LogP contribution in [-0.2, 0) is 31.4 Å². The summed E-state index contributed by atoms with van der Waals surface area (Å²) in [5, 5.41) is 22.6. The zero-order chi connectivity index (χ0) is 33.9. The Balaban J connectivity index is 1.42. The normalized spacial score (nSPS) is 12.0. The molecule has 0 aliphatic carbocycles. The number of anilines is 3. The number of amides is 1. The van der Waals surface area contributed by atoms with Crippen molar-refractivity contribution in [2.75, 3.05) is 21.9 Å². The van der Waals surface area contributed by atoms with Crippen LogP contribution in [-0.4, -0.2) is 38.9 Å². The van der Waals surface area contributed by atoms with Crippen LogP contribution in [0.15, 0.2) is 117 Å². The highest BCUT2D eigenvalue weighted by Gasteiger charge is 2.27. The summed E-state index contributed by atoms with van der Waals surface area (Å²) in [4.78, 5) is 11.8. The van der Waals surface area contributed by atoms with Crippen molar-refractivity contribution in [1.82, 2.24) is 0 Å². The molecule has 0 spiro atoms. The average molecular weight is 694 g/mol. The molecule has 0 unspecified atom stereocenters. The van der Waals surface area contributed by atoms with Crippen LogP contribution in [0.4, 0.5) is 28.4 Å². The van der Waals surface area contributed by atoms with Gasteiger partial charge in [-0.25, -0.2) is 8.42 Å². The summed E-state index contributed by atoms with van der Waals surface area (Å²) in [5.74, 6) is -0.780. The first kappa shape index (κ1) is 33.3. The van der Waals surface area contributed by atoms with Crippen molar-refractivity contribution in [3.8, 4) is 5.75 Å². The maximum Gasteiger partial charge on any atom is 0.294 e. The van der Waals surface area contributed by atoms with Gasteiger partial charge in [-0.3, -0.25) is 13.7 Å². The Morgan fingerprint density at radius 3 is 2.26 bits per heavy atom. The predicted molar refractivity (Wildman–Crippen MR) is 181 cm³/mol. The van der Waals surface area contributed by atoms with Gasteiger partial charge < -0.3 is 16.2 Å². The van der Waals surface area contributed by atoms with Gasteiger partial charge in [0, 0.05) is 23.3 Å². The molecule has 0 saturated carbocycles. The summed E-state index contributed by atoms with van der Waals surface area (Å²) in [6, 6.07) is 24.0. The van der Waals surface area contributed by atoms with Gasteiger partial charge in [-0.1, -0.05) is 41.9 Å². The molecule has 0 saturated heterocycles. The minimum absolute atomic E-state index is 0.0255. The number of sulfonamides is 1. The fraction of sp³-hybridized carbons (Fsp3) is 0.0938. The number of fused-ring (bicyclic) bond motifs is 1. The number of hydrogen-bond donors (Lipinski definition) is 4. The maximum atomic E-state index is 14.0. The SMILES string of the molecule is CCN(c1ccc(NC(=O)Cc2ccc(Cl)cc2)cc1)S(=O)(=O)c1ccccc1N=Nc1c(N)ccc2cc(S(=O)(=O)O)cc(O)c12. The maximum absolute atomic E-state index is 14.0. The standard InChI is InChI=1S/C32H28ClN5O7S2/c1-2-38(24-14-12-23(13-15-24)35-30(40)17-20-7-10-22(33)11-8-20)46(41,42)29-6-4-3-5-27(29)36-37-32-26(34)16-9-21-18-25(47(43,44)45)19-28(39)31(21)32/h3-16,18-19,39H,2,17,34H2,1H3,(H,35,40)(H,43,44,45). The topological polar surface area (TPSA) is 192 Å². The second-order valence-corrected chi connectivity index (χ2v) is 13.9. The zero-order valence-corrected chi connectivity index (χ0v) is 27.1. The highest BCUT2D eigenvalue weighted by Crippen LogP contribution is 2.41. The van der Waals surface area contributed by atoms with Crippen LogP contribution >= 0.6 is 11.6 Å². The van der Waals surface area contributed by atoms with Crippen LogP contribution < -0.4 is 15.4 Å². The molecule has 47 heavy (non-hydrogen) atoms. The zero-order valence-electron chi connectivity index (χ0n) is 24.7. The molecular weight excluding hydrogens is 666 g/mol. The molecule has 0 heterocycles. The second-order valence-electron chi connectivity index (χ2n) is 10.3. The van der Waals surface area contributed by atoms with E-state index in [1.54, 1.807) is 61.5 Å². The molecule has 5 aromatic rings. The van der Waals surface area contributed by atoms with Crippen molar-refractivity contribution in [3.63, 3.8) is 0 Å². The predicted octanol–water partition coefficient (Wildman–Crippen LogP) is 6.84. The third kappa shape index (κ3) is 7.36. The molecular formula is C32H28ClN5O7S2. The highest BCUT2D eigenvalue weighted by atomic mass is 35.5. The highest BCUT2D eigenvalue weighted by molar-refractivity contribution is 7.93.